The van der Waals surface area contributed by atoms with E-state index in [0.29, 0.717) is 21.5 Å². The maximum atomic E-state index is 12.8. The van der Waals surface area contributed by atoms with Crippen LogP contribution in [0.4, 0.5) is 5.69 Å². The molecule has 9 heteroatoms. The normalized spacial score (nSPS) is 10.7. The molecule has 2 aromatic carbocycles. The second-order valence-corrected chi connectivity index (χ2v) is 8.18. The quantitative estimate of drug-likeness (QED) is 0.548. The van der Waals surface area contributed by atoms with Gasteiger partial charge in [-0.25, -0.2) is 4.68 Å². The minimum atomic E-state index is -0.297. The summed E-state index contributed by atoms with van der Waals surface area (Å²) < 4.78 is 6.88. The monoisotopic (exact) mass is 474 g/mol. The lowest BCUT2D eigenvalue weighted by molar-refractivity contribution is -0.132. The zero-order valence-electron chi connectivity index (χ0n) is 18.3. The summed E-state index contributed by atoms with van der Waals surface area (Å²) in [4.78, 5) is 26.6. The van der Waals surface area contributed by atoms with E-state index in [4.69, 9.17) is 27.9 Å². The standard InChI is InChI=1S/C23H24Cl2N4O3/c1-14-19(15(2)29(27-14)17-8-9-20(24)21(25)11-17)12-23(31)28(3)13-22(30)26-16-6-5-7-18(10-16)32-4/h5-11H,12-13H2,1-4H3,(H,26,30). The predicted molar refractivity (Wildman–Crippen MR) is 126 cm³/mol. The Labute approximate surface area is 196 Å². The number of hydrogen-bond donors (Lipinski definition) is 1. The summed E-state index contributed by atoms with van der Waals surface area (Å²) in [6.07, 6.45) is 0.127. The summed E-state index contributed by atoms with van der Waals surface area (Å²) in [5, 5.41) is 8.21. The van der Waals surface area contributed by atoms with E-state index >= 15 is 0 Å². The van der Waals surface area contributed by atoms with Crippen LogP contribution in [0, 0.1) is 13.8 Å². The highest BCUT2D eigenvalue weighted by Gasteiger charge is 2.20. The molecule has 0 saturated heterocycles. The predicted octanol–water partition coefficient (Wildman–Crippen LogP) is 4.44. The molecule has 3 rings (SSSR count). The molecule has 1 N–H and O–H groups in total. The number of carbonyl (C=O) groups is 2. The van der Waals surface area contributed by atoms with E-state index in [9.17, 15) is 9.59 Å². The van der Waals surface area contributed by atoms with E-state index in [-0.39, 0.29) is 24.8 Å². The second kappa shape index (κ2) is 10.1. The van der Waals surface area contributed by atoms with Crippen molar-refractivity contribution < 1.29 is 14.3 Å². The van der Waals surface area contributed by atoms with Gasteiger partial charge in [-0.2, -0.15) is 5.10 Å². The fourth-order valence-electron chi connectivity index (χ4n) is 3.29. The van der Waals surface area contributed by atoms with Crippen molar-refractivity contribution in [1.29, 1.82) is 0 Å². The molecule has 0 unspecified atom stereocenters. The number of aryl methyl sites for hydroxylation is 1. The molecule has 168 valence electrons. The zero-order valence-corrected chi connectivity index (χ0v) is 19.8. The highest BCUT2D eigenvalue weighted by Crippen LogP contribution is 2.26. The first-order valence-electron chi connectivity index (χ1n) is 9.88. The largest absolute Gasteiger partial charge is 0.497 e. The van der Waals surface area contributed by atoms with Crippen LogP contribution >= 0.6 is 23.2 Å². The van der Waals surface area contributed by atoms with Gasteiger partial charge >= 0.3 is 0 Å². The lowest BCUT2D eigenvalue weighted by atomic mass is 10.1. The van der Waals surface area contributed by atoms with Gasteiger partial charge in [0, 0.05) is 30.1 Å². The SMILES string of the molecule is COc1cccc(NC(=O)CN(C)C(=O)Cc2c(C)nn(-c3ccc(Cl)c(Cl)c3)c2C)c1. The molecule has 1 heterocycles. The summed E-state index contributed by atoms with van der Waals surface area (Å²) in [6, 6.07) is 12.3. The van der Waals surface area contributed by atoms with Crippen LogP contribution in [0.5, 0.6) is 5.75 Å². The van der Waals surface area contributed by atoms with Gasteiger partial charge in [-0.05, 0) is 44.2 Å². The van der Waals surface area contributed by atoms with Crippen LogP contribution in [-0.4, -0.2) is 47.2 Å². The molecule has 3 aromatic rings. The number of carbonyl (C=O) groups excluding carboxylic acids is 2. The Morgan fingerprint density at radius 1 is 1.12 bits per heavy atom. The molecule has 0 radical (unpaired) electrons. The Balaban J connectivity index is 1.67. The van der Waals surface area contributed by atoms with Crippen molar-refractivity contribution in [2.75, 3.05) is 26.0 Å². The lowest BCUT2D eigenvalue weighted by Gasteiger charge is -2.17. The van der Waals surface area contributed by atoms with Gasteiger partial charge in [-0.15, -0.1) is 0 Å². The van der Waals surface area contributed by atoms with E-state index in [2.05, 4.69) is 10.4 Å². The van der Waals surface area contributed by atoms with Crippen LogP contribution in [0.15, 0.2) is 42.5 Å². The molecule has 0 aliphatic heterocycles. The number of amides is 2. The number of nitrogens with zero attached hydrogens (tertiary/aromatic N) is 3. The van der Waals surface area contributed by atoms with E-state index in [1.54, 1.807) is 55.2 Å². The van der Waals surface area contributed by atoms with Crippen molar-refractivity contribution in [2.45, 2.75) is 20.3 Å². The first kappa shape index (κ1) is 23.6. The molecular formula is C23H24Cl2N4O3. The smallest absolute Gasteiger partial charge is 0.243 e. The number of halogens is 2. The average Bonchev–Trinajstić information content (AvgIpc) is 3.03. The molecule has 0 aliphatic carbocycles. The zero-order chi connectivity index (χ0) is 23.4. The van der Waals surface area contributed by atoms with Crippen LogP contribution < -0.4 is 10.1 Å². The van der Waals surface area contributed by atoms with Crippen LogP contribution in [0.2, 0.25) is 10.0 Å². The van der Waals surface area contributed by atoms with Crippen LogP contribution in [-0.2, 0) is 16.0 Å². The number of aromatic nitrogens is 2. The van der Waals surface area contributed by atoms with Gasteiger partial charge in [0.25, 0.3) is 0 Å². The average molecular weight is 475 g/mol. The van der Waals surface area contributed by atoms with E-state index in [0.717, 1.165) is 22.6 Å². The molecule has 7 nitrogen and oxygen atoms in total. The number of ether oxygens (including phenoxy) is 1. The molecule has 2 amide bonds. The summed E-state index contributed by atoms with van der Waals surface area (Å²) in [7, 11) is 3.16. The van der Waals surface area contributed by atoms with Gasteiger partial charge < -0.3 is 15.0 Å². The minimum absolute atomic E-state index is 0.0743. The topological polar surface area (TPSA) is 76.5 Å². The van der Waals surface area contributed by atoms with Crippen molar-refractivity contribution in [3.8, 4) is 11.4 Å². The minimum Gasteiger partial charge on any atom is -0.497 e. The molecule has 32 heavy (non-hydrogen) atoms. The van der Waals surface area contributed by atoms with Gasteiger partial charge in [0.05, 0.1) is 41.5 Å². The molecule has 0 fully saturated rings. The van der Waals surface area contributed by atoms with E-state index < -0.39 is 0 Å². The van der Waals surface area contributed by atoms with Crippen molar-refractivity contribution in [3.05, 3.63) is 69.5 Å². The molecule has 1 aromatic heterocycles. The molecule has 0 atom stereocenters. The van der Waals surface area contributed by atoms with Crippen molar-refractivity contribution >= 4 is 40.7 Å². The molecule has 0 bridgehead atoms. The first-order chi connectivity index (χ1) is 15.2. The number of anilines is 1. The van der Waals surface area contributed by atoms with Gasteiger partial charge in [-0.1, -0.05) is 29.3 Å². The molecular weight excluding hydrogens is 451 g/mol. The molecule has 0 saturated carbocycles. The summed E-state index contributed by atoms with van der Waals surface area (Å²) in [5.74, 6) is 0.150. The molecule has 0 spiro atoms. The van der Waals surface area contributed by atoms with E-state index in [1.807, 2.05) is 19.9 Å². The fourth-order valence-corrected chi connectivity index (χ4v) is 3.58. The number of nitrogens with one attached hydrogen (secondary N) is 1. The van der Waals surface area contributed by atoms with Crippen LogP contribution in [0.1, 0.15) is 17.0 Å². The number of hydrogen-bond acceptors (Lipinski definition) is 4. The van der Waals surface area contributed by atoms with E-state index in [1.165, 1.54) is 4.90 Å². The third kappa shape index (κ3) is 5.41. The lowest BCUT2D eigenvalue weighted by Crippen LogP contribution is -2.36. The van der Waals surface area contributed by atoms with Crippen molar-refractivity contribution in [2.24, 2.45) is 0 Å². The van der Waals surface area contributed by atoms with Crippen molar-refractivity contribution in [3.63, 3.8) is 0 Å². The van der Waals surface area contributed by atoms with Gasteiger partial charge in [-0.3, -0.25) is 9.59 Å². The number of rotatable bonds is 7. The Hall–Kier alpha value is -3.03. The van der Waals surface area contributed by atoms with Crippen molar-refractivity contribution in [1.82, 2.24) is 14.7 Å². The molecule has 0 aliphatic rings. The van der Waals surface area contributed by atoms with Crippen LogP contribution in [0.25, 0.3) is 5.69 Å². The van der Waals surface area contributed by atoms with Gasteiger partial charge in [0.15, 0.2) is 0 Å². The Bertz CT molecular complexity index is 1160. The second-order valence-electron chi connectivity index (χ2n) is 7.37. The Kier molecular flexibility index (Phi) is 7.43. The fraction of sp³-hybridized carbons (Fsp3) is 0.261. The number of benzene rings is 2. The highest BCUT2D eigenvalue weighted by molar-refractivity contribution is 6.42. The Morgan fingerprint density at radius 3 is 2.56 bits per heavy atom. The maximum absolute atomic E-state index is 12.8. The maximum Gasteiger partial charge on any atom is 0.243 e. The third-order valence-electron chi connectivity index (χ3n) is 5.08. The third-order valence-corrected chi connectivity index (χ3v) is 5.82. The van der Waals surface area contributed by atoms with Crippen LogP contribution in [0.3, 0.4) is 0 Å². The highest BCUT2D eigenvalue weighted by atomic mass is 35.5. The first-order valence-corrected chi connectivity index (χ1v) is 10.6. The van der Waals surface area contributed by atoms with Gasteiger partial charge in [0.2, 0.25) is 11.8 Å². The Morgan fingerprint density at radius 2 is 1.88 bits per heavy atom. The number of methoxy groups -OCH3 is 1. The number of likely N-dealkylation sites (N-methyl/N-ethyl adjacent to an activating group) is 1. The van der Waals surface area contributed by atoms with Gasteiger partial charge in [0.1, 0.15) is 5.75 Å². The summed E-state index contributed by atoms with van der Waals surface area (Å²) in [5.41, 5.74) is 3.72. The summed E-state index contributed by atoms with van der Waals surface area (Å²) >= 11 is 12.1. The summed E-state index contributed by atoms with van der Waals surface area (Å²) in [6.45, 7) is 3.66.